The van der Waals surface area contributed by atoms with Crippen LogP contribution in [0.5, 0.6) is 0 Å². The zero-order valence-electron chi connectivity index (χ0n) is 11.6. The van der Waals surface area contributed by atoms with Gasteiger partial charge in [-0.1, -0.05) is 30.9 Å². The highest BCUT2D eigenvalue weighted by atomic mass is 35.5. The van der Waals surface area contributed by atoms with E-state index >= 15 is 0 Å². The SMILES string of the molecule is CC(c1ccc(Cl)s1)N1CCNCC12CCCCC2. The molecule has 3 rings (SSSR count). The number of nitrogens with zero attached hydrogens (tertiary/aromatic N) is 1. The van der Waals surface area contributed by atoms with Crippen molar-refractivity contribution in [1.29, 1.82) is 0 Å². The largest absolute Gasteiger partial charge is 0.314 e. The second kappa shape index (κ2) is 5.72. The molecule has 2 aliphatic rings. The van der Waals surface area contributed by atoms with Crippen molar-refractivity contribution < 1.29 is 0 Å². The van der Waals surface area contributed by atoms with Crippen molar-refractivity contribution in [3.63, 3.8) is 0 Å². The maximum atomic E-state index is 6.11. The molecule has 19 heavy (non-hydrogen) atoms. The summed E-state index contributed by atoms with van der Waals surface area (Å²) >= 11 is 7.85. The van der Waals surface area contributed by atoms with Crippen LogP contribution in [0.3, 0.4) is 0 Å². The summed E-state index contributed by atoms with van der Waals surface area (Å²) in [5.74, 6) is 0. The predicted octanol–water partition coefficient (Wildman–Crippen LogP) is 4.07. The van der Waals surface area contributed by atoms with Gasteiger partial charge >= 0.3 is 0 Å². The van der Waals surface area contributed by atoms with Crippen molar-refractivity contribution in [1.82, 2.24) is 10.2 Å². The van der Waals surface area contributed by atoms with Crippen LogP contribution in [0.25, 0.3) is 0 Å². The minimum Gasteiger partial charge on any atom is -0.314 e. The van der Waals surface area contributed by atoms with Gasteiger partial charge in [-0.3, -0.25) is 4.90 Å². The summed E-state index contributed by atoms with van der Waals surface area (Å²) in [6.45, 7) is 5.79. The molecule has 1 N–H and O–H groups in total. The second-order valence-electron chi connectivity index (χ2n) is 5.97. The zero-order valence-corrected chi connectivity index (χ0v) is 13.2. The molecule has 2 heterocycles. The first-order chi connectivity index (χ1) is 9.21. The Morgan fingerprint density at radius 3 is 2.79 bits per heavy atom. The Morgan fingerprint density at radius 2 is 2.11 bits per heavy atom. The molecule has 1 aliphatic carbocycles. The molecule has 0 amide bonds. The van der Waals surface area contributed by atoms with E-state index in [-0.39, 0.29) is 0 Å². The summed E-state index contributed by atoms with van der Waals surface area (Å²) in [5.41, 5.74) is 0.395. The molecule has 1 spiro atoms. The Labute approximate surface area is 125 Å². The standard InChI is InChI=1S/C15H23ClN2S/c1-12(13-5-6-14(16)19-13)18-10-9-17-11-15(18)7-3-2-4-8-15/h5-6,12,17H,2-4,7-11H2,1H3. The molecule has 1 saturated carbocycles. The van der Waals surface area contributed by atoms with Gasteiger partial charge in [-0.25, -0.2) is 0 Å². The number of thiophene rings is 1. The summed E-state index contributed by atoms with van der Waals surface area (Å²) in [5, 5.41) is 3.62. The first-order valence-electron chi connectivity index (χ1n) is 7.44. The van der Waals surface area contributed by atoms with Crippen LogP contribution in [0.15, 0.2) is 12.1 Å². The smallest absolute Gasteiger partial charge is 0.0931 e. The lowest BCUT2D eigenvalue weighted by Crippen LogP contribution is -2.62. The second-order valence-corrected chi connectivity index (χ2v) is 7.72. The molecule has 1 unspecified atom stereocenters. The summed E-state index contributed by atoms with van der Waals surface area (Å²) in [4.78, 5) is 4.17. The Kier molecular flexibility index (Phi) is 4.18. The quantitative estimate of drug-likeness (QED) is 0.885. The summed E-state index contributed by atoms with van der Waals surface area (Å²) in [7, 11) is 0. The number of hydrogen-bond donors (Lipinski definition) is 1. The van der Waals surface area contributed by atoms with Crippen molar-refractivity contribution in [3.05, 3.63) is 21.3 Å². The third-order valence-corrected chi connectivity index (χ3v) is 6.25. The molecule has 0 aromatic carbocycles. The molecule has 1 aliphatic heterocycles. The molecular formula is C15H23ClN2S. The van der Waals surface area contributed by atoms with Crippen LogP contribution in [0.4, 0.5) is 0 Å². The van der Waals surface area contributed by atoms with Gasteiger partial charge in [0.05, 0.1) is 4.34 Å². The molecule has 1 aromatic heterocycles. The predicted molar refractivity (Wildman–Crippen MR) is 83.1 cm³/mol. The Bertz CT molecular complexity index is 417. The molecule has 4 heteroatoms. The average molecular weight is 299 g/mol. The number of hydrogen-bond acceptors (Lipinski definition) is 3. The van der Waals surface area contributed by atoms with Gasteiger partial charge in [0.1, 0.15) is 0 Å². The number of halogens is 1. The fraction of sp³-hybridized carbons (Fsp3) is 0.733. The summed E-state index contributed by atoms with van der Waals surface area (Å²) in [6, 6.07) is 4.74. The first kappa shape index (κ1) is 13.9. The van der Waals surface area contributed by atoms with E-state index in [0.717, 1.165) is 24.0 Å². The van der Waals surface area contributed by atoms with Gasteiger partial charge in [-0.2, -0.15) is 0 Å². The minimum absolute atomic E-state index is 0.395. The Morgan fingerprint density at radius 1 is 1.32 bits per heavy atom. The van der Waals surface area contributed by atoms with Crippen LogP contribution in [0.2, 0.25) is 4.34 Å². The molecule has 2 fully saturated rings. The van der Waals surface area contributed by atoms with Crippen LogP contribution in [0.1, 0.15) is 49.9 Å². The van der Waals surface area contributed by atoms with E-state index in [1.54, 1.807) is 11.3 Å². The third-order valence-electron chi connectivity index (χ3n) is 4.85. The third kappa shape index (κ3) is 2.71. The number of nitrogens with one attached hydrogen (secondary N) is 1. The van der Waals surface area contributed by atoms with Crippen LogP contribution in [0, 0.1) is 0 Å². The van der Waals surface area contributed by atoms with E-state index in [1.165, 1.54) is 37.0 Å². The van der Waals surface area contributed by atoms with E-state index in [4.69, 9.17) is 11.6 Å². The van der Waals surface area contributed by atoms with Gasteiger partial charge in [-0.15, -0.1) is 11.3 Å². The molecule has 1 aromatic rings. The molecule has 0 radical (unpaired) electrons. The van der Waals surface area contributed by atoms with Gasteiger partial charge in [0.25, 0.3) is 0 Å². The fourth-order valence-electron chi connectivity index (χ4n) is 3.84. The lowest BCUT2D eigenvalue weighted by Gasteiger charge is -2.52. The lowest BCUT2D eigenvalue weighted by atomic mass is 9.78. The summed E-state index contributed by atoms with van der Waals surface area (Å²) in [6.07, 6.45) is 6.88. The summed E-state index contributed by atoms with van der Waals surface area (Å²) < 4.78 is 0.912. The average Bonchev–Trinajstić information content (AvgIpc) is 2.86. The van der Waals surface area contributed by atoms with E-state index in [0.29, 0.717) is 11.6 Å². The molecule has 0 bridgehead atoms. The topological polar surface area (TPSA) is 15.3 Å². The van der Waals surface area contributed by atoms with Crippen molar-refractivity contribution >= 4 is 22.9 Å². The van der Waals surface area contributed by atoms with Crippen molar-refractivity contribution in [2.24, 2.45) is 0 Å². The molecule has 1 atom stereocenters. The molecular weight excluding hydrogens is 276 g/mol. The van der Waals surface area contributed by atoms with Gasteiger partial charge in [0, 0.05) is 36.1 Å². The normalized spacial score (nSPS) is 25.6. The van der Waals surface area contributed by atoms with Crippen LogP contribution in [-0.4, -0.2) is 30.1 Å². The highest BCUT2D eigenvalue weighted by Gasteiger charge is 2.42. The maximum Gasteiger partial charge on any atom is 0.0931 e. The zero-order chi connectivity index (χ0) is 13.3. The van der Waals surface area contributed by atoms with E-state index in [2.05, 4.69) is 23.2 Å². The maximum absolute atomic E-state index is 6.11. The highest BCUT2D eigenvalue weighted by Crippen LogP contribution is 2.41. The van der Waals surface area contributed by atoms with Gasteiger partial charge < -0.3 is 5.32 Å². The van der Waals surface area contributed by atoms with Crippen LogP contribution < -0.4 is 5.32 Å². The fourth-order valence-corrected chi connectivity index (χ4v) is 4.97. The van der Waals surface area contributed by atoms with E-state index < -0.39 is 0 Å². The Balaban J connectivity index is 1.83. The van der Waals surface area contributed by atoms with Crippen molar-refractivity contribution in [3.8, 4) is 0 Å². The number of rotatable bonds is 2. The monoisotopic (exact) mass is 298 g/mol. The first-order valence-corrected chi connectivity index (χ1v) is 8.63. The lowest BCUT2D eigenvalue weighted by molar-refractivity contribution is -0.00175. The van der Waals surface area contributed by atoms with E-state index in [9.17, 15) is 0 Å². The van der Waals surface area contributed by atoms with Crippen LogP contribution >= 0.6 is 22.9 Å². The Hall–Kier alpha value is -0.0900. The molecule has 1 saturated heterocycles. The minimum atomic E-state index is 0.395. The van der Waals surface area contributed by atoms with Gasteiger partial charge in [0.2, 0.25) is 0 Å². The molecule has 106 valence electrons. The molecule has 2 nitrogen and oxygen atoms in total. The van der Waals surface area contributed by atoms with Crippen molar-refractivity contribution in [2.75, 3.05) is 19.6 Å². The van der Waals surface area contributed by atoms with Gasteiger partial charge in [-0.05, 0) is 31.9 Å². The van der Waals surface area contributed by atoms with E-state index in [1.807, 2.05) is 6.07 Å². The van der Waals surface area contributed by atoms with Crippen LogP contribution in [-0.2, 0) is 0 Å². The van der Waals surface area contributed by atoms with Crippen molar-refractivity contribution in [2.45, 2.75) is 50.6 Å². The highest BCUT2D eigenvalue weighted by molar-refractivity contribution is 7.16. The van der Waals surface area contributed by atoms with Gasteiger partial charge in [0.15, 0.2) is 0 Å². The number of piperazine rings is 1.